The van der Waals surface area contributed by atoms with E-state index in [1.54, 1.807) is 0 Å². The Labute approximate surface area is 218 Å². The smallest absolute Gasteiger partial charge is 0.244 e. The maximum absolute atomic E-state index is 13.6. The zero-order chi connectivity index (χ0) is 26.6. The first-order valence-corrected chi connectivity index (χ1v) is 13.8. The number of sulfonamides is 1. The molecule has 1 unspecified atom stereocenters. The summed E-state index contributed by atoms with van der Waals surface area (Å²) in [5.41, 5.74) is 1.60. The van der Waals surface area contributed by atoms with Crippen LogP contribution in [0.25, 0.3) is 0 Å². The van der Waals surface area contributed by atoms with E-state index in [1.807, 2.05) is 58.9 Å². The minimum Gasteiger partial charge on any atom is -0.350 e. The zero-order valence-electron chi connectivity index (χ0n) is 20.9. The number of hydrogen-bond acceptors (Lipinski definition) is 4. The van der Waals surface area contributed by atoms with Crippen LogP contribution in [0.3, 0.4) is 0 Å². The number of amides is 2. The van der Waals surface area contributed by atoms with Gasteiger partial charge in [0, 0.05) is 12.1 Å². The largest absolute Gasteiger partial charge is 0.350 e. The van der Waals surface area contributed by atoms with Gasteiger partial charge in [-0.25, -0.2) is 8.42 Å². The number of aryl methyl sites for hydroxylation is 1. The molecular formula is C25H33Cl2N3O4S. The van der Waals surface area contributed by atoms with Crippen LogP contribution >= 0.6 is 23.2 Å². The highest BCUT2D eigenvalue weighted by molar-refractivity contribution is 7.92. The monoisotopic (exact) mass is 541 g/mol. The van der Waals surface area contributed by atoms with Crippen LogP contribution in [0.1, 0.15) is 45.2 Å². The molecule has 0 saturated heterocycles. The number of nitrogens with one attached hydrogen (secondary N) is 1. The summed E-state index contributed by atoms with van der Waals surface area (Å²) in [5, 5.41) is 3.36. The predicted molar refractivity (Wildman–Crippen MR) is 142 cm³/mol. The summed E-state index contributed by atoms with van der Waals surface area (Å²) in [5.74, 6) is -0.820. The highest BCUT2D eigenvalue weighted by Gasteiger charge is 2.33. The van der Waals surface area contributed by atoms with Crippen molar-refractivity contribution in [2.24, 2.45) is 0 Å². The average Bonchev–Trinajstić information content (AvgIpc) is 2.73. The van der Waals surface area contributed by atoms with E-state index in [4.69, 9.17) is 23.2 Å². The van der Waals surface area contributed by atoms with Crippen molar-refractivity contribution in [2.75, 3.05) is 17.1 Å². The van der Waals surface area contributed by atoms with E-state index in [-0.39, 0.29) is 28.2 Å². The molecular weight excluding hydrogens is 509 g/mol. The van der Waals surface area contributed by atoms with Crippen LogP contribution in [0.5, 0.6) is 0 Å². The number of nitrogens with zero attached hydrogens (tertiary/aromatic N) is 2. The number of carbonyl (C=O) groups is 2. The summed E-state index contributed by atoms with van der Waals surface area (Å²) in [4.78, 5) is 28.2. The summed E-state index contributed by atoms with van der Waals surface area (Å²) in [6.07, 6.45) is 1.36. The molecule has 0 aliphatic carbocycles. The van der Waals surface area contributed by atoms with E-state index in [9.17, 15) is 18.0 Å². The van der Waals surface area contributed by atoms with Crippen molar-refractivity contribution in [1.82, 2.24) is 10.2 Å². The van der Waals surface area contributed by atoms with Gasteiger partial charge in [-0.1, -0.05) is 60.0 Å². The molecule has 1 atom stereocenters. The molecule has 0 aromatic heterocycles. The van der Waals surface area contributed by atoms with E-state index in [2.05, 4.69) is 5.32 Å². The second kappa shape index (κ2) is 11.6. The molecule has 0 aliphatic rings. The zero-order valence-corrected chi connectivity index (χ0v) is 23.3. The number of hydrogen-bond donors (Lipinski definition) is 1. The number of benzene rings is 2. The molecule has 0 heterocycles. The highest BCUT2D eigenvalue weighted by atomic mass is 35.5. The molecule has 0 bridgehead atoms. The molecule has 2 aromatic rings. The van der Waals surface area contributed by atoms with Crippen LogP contribution in [0.15, 0.2) is 42.5 Å². The van der Waals surface area contributed by atoms with Gasteiger partial charge < -0.3 is 10.2 Å². The molecule has 2 aromatic carbocycles. The number of carbonyl (C=O) groups excluding carboxylic acids is 2. The highest BCUT2D eigenvalue weighted by Crippen LogP contribution is 2.28. The van der Waals surface area contributed by atoms with Gasteiger partial charge in [-0.3, -0.25) is 13.9 Å². The second-order valence-corrected chi connectivity index (χ2v) is 12.3. The Morgan fingerprint density at radius 2 is 1.63 bits per heavy atom. The summed E-state index contributed by atoms with van der Waals surface area (Å²) in [6.45, 7) is 9.00. The van der Waals surface area contributed by atoms with Crippen LogP contribution in [0.2, 0.25) is 10.0 Å². The van der Waals surface area contributed by atoms with Crippen molar-refractivity contribution in [3.63, 3.8) is 0 Å². The van der Waals surface area contributed by atoms with Crippen molar-refractivity contribution in [3.05, 3.63) is 63.6 Å². The van der Waals surface area contributed by atoms with Gasteiger partial charge >= 0.3 is 0 Å². The molecule has 7 nitrogen and oxygen atoms in total. The van der Waals surface area contributed by atoms with Gasteiger partial charge in [0.15, 0.2) is 0 Å². The van der Waals surface area contributed by atoms with Gasteiger partial charge in [-0.15, -0.1) is 0 Å². The predicted octanol–water partition coefficient (Wildman–Crippen LogP) is 4.79. The summed E-state index contributed by atoms with van der Waals surface area (Å²) in [7, 11) is -3.85. The fourth-order valence-corrected chi connectivity index (χ4v) is 4.65. The van der Waals surface area contributed by atoms with Crippen LogP contribution in [-0.2, 0) is 26.2 Å². The van der Waals surface area contributed by atoms with Gasteiger partial charge in [-0.05, 0) is 57.9 Å². The van der Waals surface area contributed by atoms with E-state index in [0.717, 1.165) is 21.7 Å². The minimum absolute atomic E-state index is 0.147. The van der Waals surface area contributed by atoms with Gasteiger partial charge in [0.2, 0.25) is 21.8 Å². The maximum Gasteiger partial charge on any atom is 0.244 e. The SMILES string of the molecule is CCC(C(=O)NC(C)(C)C)N(Cc1ccc(C)cc1)C(=O)CN(c1ccc(Cl)c(Cl)c1)S(C)(=O)=O. The number of anilines is 1. The molecule has 0 saturated carbocycles. The Kier molecular flexibility index (Phi) is 9.62. The third-order valence-electron chi connectivity index (χ3n) is 5.23. The van der Waals surface area contributed by atoms with Crippen LogP contribution in [-0.4, -0.2) is 49.5 Å². The molecule has 2 rings (SSSR count). The van der Waals surface area contributed by atoms with Crippen LogP contribution in [0, 0.1) is 6.92 Å². The van der Waals surface area contributed by atoms with Crippen molar-refractivity contribution in [1.29, 1.82) is 0 Å². The molecule has 10 heteroatoms. The minimum atomic E-state index is -3.85. The second-order valence-electron chi connectivity index (χ2n) is 9.54. The van der Waals surface area contributed by atoms with Crippen molar-refractivity contribution >= 4 is 50.7 Å². The van der Waals surface area contributed by atoms with Crippen molar-refractivity contribution in [3.8, 4) is 0 Å². The topological polar surface area (TPSA) is 86.8 Å². The Morgan fingerprint density at radius 3 is 2.11 bits per heavy atom. The lowest BCUT2D eigenvalue weighted by Crippen LogP contribution is -2.55. The van der Waals surface area contributed by atoms with E-state index in [1.165, 1.54) is 23.1 Å². The molecule has 0 aliphatic heterocycles. The number of rotatable bonds is 9. The Morgan fingerprint density at radius 1 is 1.03 bits per heavy atom. The van der Waals surface area contributed by atoms with Crippen molar-refractivity contribution in [2.45, 2.75) is 59.2 Å². The normalized spacial score (nSPS) is 12.7. The first-order chi connectivity index (χ1) is 16.1. The third-order valence-corrected chi connectivity index (χ3v) is 7.11. The van der Waals surface area contributed by atoms with Crippen LogP contribution in [0.4, 0.5) is 5.69 Å². The van der Waals surface area contributed by atoms with Gasteiger partial charge in [0.05, 0.1) is 22.0 Å². The third kappa shape index (κ3) is 8.40. The molecule has 35 heavy (non-hydrogen) atoms. The average molecular weight is 543 g/mol. The van der Waals surface area contributed by atoms with Crippen molar-refractivity contribution < 1.29 is 18.0 Å². The molecule has 0 fully saturated rings. The van der Waals surface area contributed by atoms with Gasteiger partial charge in [0.1, 0.15) is 12.6 Å². The quantitative estimate of drug-likeness (QED) is 0.494. The van der Waals surface area contributed by atoms with E-state index < -0.39 is 34.1 Å². The lowest BCUT2D eigenvalue weighted by Gasteiger charge is -2.34. The molecule has 0 radical (unpaired) electrons. The lowest BCUT2D eigenvalue weighted by molar-refractivity contribution is -0.141. The number of halogens is 2. The Balaban J connectivity index is 2.47. The first-order valence-electron chi connectivity index (χ1n) is 11.2. The summed E-state index contributed by atoms with van der Waals surface area (Å²) < 4.78 is 26.3. The standard InChI is InChI=1S/C25H33Cl2N3O4S/c1-7-22(24(32)28-25(3,4)5)29(15-18-10-8-17(2)9-11-18)23(31)16-30(35(6,33)34)19-12-13-20(26)21(27)14-19/h8-14,22H,7,15-16H2,1-6H3,(H,28,32). The van der Waals surface area contributed by atoms with Gasteiger partial charge in [0.25, 0.3) is 0 Å². The fraction of sp³-hybridized carbons (Fsp3) is 0.440. The molecule has 0 spiro atoms. The van der Waals surface area contributed by atoms with Crippen LogP contribution < -0.4 is 9.62 Å². The lowest BCUT2D eigenvalue weighted by atomic mass is 10.1. The molecule has 1 N–H and O–H groups in total. The molecule has 2 amide bonds. The van der Waals surface area contributed by atoms with Gasteiger partial charge in [-0.2, -0.15) is 0 Å². The summed E-state index contributed by atoms with van der Waals surface area (Å²) >= 11 is 12.1. The first kappa shape index (κ1) is 28.9. The van der Waals surface area contributed by atoms with E-state index in [0.29, 0.717) is 6.42 Å². The Hall–Kier alpha value is -2.29. The Bertz CT molecular complexity index is 1160. The summed E-state index contributed by atoms with van der Waals surface area (Å²) in [6, 6.07) is 11.2. The molecule has 192 valence electrons. The fourth-order valence-electron chi connectivity index (χ4n) is 3.52. The maximum atomic E-state index is 13.6. The van der Waals surface area contributed by atoms with E-state index >= 15 is 0 Å².